The molecular formula is C16H15ClO3. The molecule has 0 amide bonds. The molecule has 104 valence electrons. The maximum absolute atomic E-state index is 11.1. The summed E-state index contributed by atoms with van der Waals surface area (Å²) in [5, 5.41) is 0.694. The quantitative estimate of drug-likeness (QED) is 0.789. The Bertz CT molecular complexity index is 579. The largest absolute Gasteiger partial charge is 0.489 e. The van der Waals surface area contributed by atoms with Crippen LogP contribution in [0.5, 0.6) is 5.75 Å². The average molecular weight is 291 g/mol. The fourth-order valence-electron chi connectivity index (χ4n) is 1.74. The molecule has 0 fully saturated rings. The maximum Gasteiger partial charge on any atom is 0.309 e. The van der Waals surface area contributed by atoms with E-state index in [0.717, 1.165) is 16.9 Å². The number of methoxy groups -OCH3 is 1. The maximum atomic E-state index is 11.1. The number of benzene rings is 2. The number of esters is 1. The molecule has 0 saturated carbocycles. The zero-order valence-electron chi connectivity index (χ0n) is 11.1. The lowest BCUT2D eigenvalue weighted by atomic mass is 10.1. The van der Waals surface area contributed by atoms with E-state index in [1.54, 1.807) is 0 Å². The number of hydrogen-bond donors (Lipinski definition) is 0. The van der Waals surface area contributed by atoms with Crippen molar-refractivity contribution in [2.24, 2.45) is 0 Å². The Hall–Kier alpha value is -2.00. The second kappa shape index (κ2) is 6.96. The van der Waals surface area contributed by atoms with Crippen LogP contribution in [0.1, 0.15) is 11.1 Å². The standard InChI is InChI=1S/C16H15ClO3/c1-19-16(18)10-12-5-7-15(8-6-12)20-11-13-3-2-4-14(17)9-13/h2-9H,10-11H2,1H3. The molecule has 0 radical (unpaired) electrons. The molecule has 0 aliphatic heterocycles. The molecule has 0 aliphatic carbocycles. The number of carbonyl (C=O) groups is 1. The highest BCUT2D eigenvalue weighted by atomic mass is 35.5. The minimum Gasteiger partial charge on any atom is -0.489 e. The summed E-state index contributed by atoms with van der Waals surface area (Å²) < 4.78 is 10.3. The second-order valence-corrected chi connectivity index (χ2v) is 4.75. The zero-order chi connectivity index (χ0) is 14.4. The third kappa shape index (κ3) is 4.28. The summed E-state index contributed by atoms with van der Waals surface area (Å²) in [5.41, 5.74) is 1.91. The number of halogens is 1. The van der Waals surface area contributed by atoms with Crippen molar-refractivity contribution in [1.29, 1.82) is 0 Å². The highest BCUT2D eigenvalue weighted by Crippen LogP contribution is 2.16. The van der Waals surface area contributed by atoms with Gasteiger partial charge in [0.1, 0.15) is 12.4 Å². The van der Waals surface area contributed by atoms with E-state index in [1.807, 2.05) is 48.5 Å². The third-order valence-corrected chi connectivity index (χ3v) is 3.03. The van der Waals surface area contributed by atoms with Gasteiger partial charge in [0.2, 0.25) is 0 Å². The van der Waals surface area contributed by atoms with E-state index in [1.165, 1.54) is 7.11 Å². The van der Waals surface area contributed by atoms with Gasteiger partial charge in [-0.1, -0.05) is 35.9 Å². The summed E-state index contributed by atoms with van der Waals surface area (Å²) in [5.74, 6) is 0.496. The molecule has 2 aromatic carbocycles. The predicted molar refractivity (Wildman–Crippen MR) is 77.9 cm³/mol. The molecule has 4 heteroatoms. The Kier molecular flexibility index (Phi) is 5.02. The van der Waals surface area contributed by atoms with E-state index in [0.29, 0.717) is 11.6 Å². The molecule has 0 aromatic heterocycles. The van der Waals surface area contributed by atoms with Gasteiger partial charge >= 0.3 is 5.97 Å². The molecule has 2 rings (SSSR count). The van der Waals surface area contributed by atoms with Gasteiger partial charge in [-0.05, 0) is 35.4 Å². The average Bonchev–Trinajstić information content (AvgIpc) is 2.46. The molecule has 2 aromatic rings. The van der Waals surface area contributed by atoms with Gasteiger partial charge in [0.05, 0.1) is 13.5 Å². The van der Waals surface area contributed by atoms with Gasteiger partial charge in [0.15, 0.2) is 0 Å². The van der Waals surface area contributed by atoms with E-state index in [4.69, 9.17) is 16.3 Å². The van der Waals surface area contributed by atoms with E-state index in [9.17, 15) is 4.79 Å². The molecule has 20 heavy (non-hydrogen) atoms. The summed E-state index contributed by atoms with van der Waals surface area (Å²) in [6, 6.07) is 14.9. The molecule has 0 aliphatic rings. The molecule has 3 nitrogen and oxygen atoms in total. The molecule has 0 unspecified atom stereocenters. The van der Waals surface area contributed by atoms with Crippen molar-refractivity contribution in [1.82, 2.24) is 0 Å². The Morgan fingerprint density at radius 3 is 2.50 bits per heavy atom. The highest BCUT2D eigenvalue weighted by Gasteiger charge is 2.03. The van der Waals surface area contributed by atoms with Gasteiger partial charge in [-0.25, -0.2) is 0 Å². The summed E-state index contributed by atoms with van der Waals surface area (Å²) in [4.78, 5) is 11.1. The summed E-state index contributed by atoms with van der Waals surface area (Å²) in [7, 11) is 1.38. The molecule has 0 bridgehead atoms. The highest BCUT2D eigenvalue weighted by molar-refractivity contribution is 6.30. The summed E-state index contributed by atoms with van der Waals surface area (Å²) >= 11 is 5.91. The first-order valence-electron chi connectivity index (χ1n) is 6.20. The van der Waals surface area contributed by atoms with Gasteiger partial charge in [0.25, 0.3) is 0 Å². The van der Waals surface area contributed by atoms with E-state index in [2.05, 4.69) is 4.74 Å². The molecular weight excluding hydrogens is 276 g/mol. The van der Waals surface area contributed by atoms with Crippen LogP contribution in [0.4, 0.5) is 0 Å². The lowest BCUT2D eigenvalue weighted by molar-refractivity contribution is -0.139. The van der Waals surface area contributed by atoms with Crippen LogP contribution < -0.4 is 4.74 Å². The van der Waals surface area contributed by atoms with Gasteiger partial charge in [-0.3, -0.25) is 4.79 Å². The van der Waals surface area contributed by atoms with Crippen LogP contribution in [0.25, 0.3) is 0 Å². The molecule has 0 saturated heterocycles. The first-order valence-corrected chi connectivity index (χ1v) is 6.58. The van der Waals surface area contributed by atoms with Crippen LogP contribution in [-0.4, -0.2) is 13.1 Å². The number of carbonyl (C=O) groups excluding carboxylic acids is 1. The Balaban J connectivity index is 1.92. The van der Waals surface area contributed by atoms with Crippen LogP contribution in [-0.2, 0) is 22.6 Å². The van der Waals surface area contributed by atoms with E-state index >= 15 is 0 Å². The minimum absolute atomic E-state index is 0.252. The van der Waals surface area contributed by atoms with Gasteiger partial charge in [-0.15, -0.1) is 0 Å². The van der Waals surface area contributed by atoms with Crippen molar-refractivity contribution in [3.05, 3.63) is 64.7 Å². The molecule has 0 atom stereocenters. The summed E-state index contributed by atoms with van der Waals surface area (Å²) in [6.07, 6.45) is 0.269. The monoisotopic (exact) mass is 290 g/mol. The normalized spacial score (nSPS) is 10.1. The SMILES string of the molecule is COC(=O)Cc1ccc(OCc2cccc(Cl)c2)cc1. The fourth-order valence-corrected chi connectivity index (χ4v) is 1.95. The van der Waals surface area contributed by atoms with Crippen molar-refractivity contribution in [2.45, 2.75) is 13.0 Å². The van der Waals surface area contributed by atoms with Crippen molar-refractivity contribution in [3.63, 3.8) is 0 Å². The summed E-state index contributed by atoms with van der Waals surface area (Å²) in [6.45, 7) is 0.455. The van der Waals surface area contributed by atoms with Crippen LogP contribution in [0.2, 0.25) is 5.02 Å². The first kappa shape index (κ1) is 14.4. The Labute approximate surface area is 123 Å². The topological polar surface area (TPSA) is 35.5 Å². The van der Waals surface area contributed by atoms with Gasteiger partial charge < -0.3 is 9.47 Å². The van der Waals surface area contributed by atoms with Crippen molar-refractivity contribution < 1.29 is 14.3 Å². The zero-order valence-corrected chi connectivity index (χ0v) is 11.9. The Morgan fingerprint density at radius 2 is 1.85 bits per heavy atom. The fraction of sp³-hybridized carbons (Fsp3) is 0.188. The lowest BCUT2D eigenvalue weighted by Gasteiger charge is -2.07. The first-order chi connectivity index (χ1) is 9.67. The molecule has 0 spiro atoms. The third-order valence-electron chi connectivity index (χ3n) is 2.79. The smallest absolute Gasteiger partial charge is 0.309 e. The van der Waals surface area contributed by atoms with Crippen molar-refractivity contribution in [2.75, 3.05) is 7.11 Å². The number of rotatable bonds is 5. The van der Waals surface area contributed by atoms with Gasteiger partial charge in [-0.2, -0.15) is 0 Å². The lowest BCUT2D eigenvalue weighted by Crippen LogP contribution is -2.04. The van der Waals surface area contributed by atoms with Crippen LogP contribution >= 0.6 is 11.6 Å². The number of ether oxygens (including phenoxy) is 2. The Morgan fingerprint density at radius 1 is 1.10 bits per heavy atom. The molecule has 0 heterocycles. The van der Waals surface area contributed by atoms with Crippen LogP contribution in [0, 0.1) is 0 Å². The van der Waals surface area contributed by atoms with Gasteiger partial charge in [0, 0.05) is 5.02 Å². The van der Waals surface area contributed by atoms with Crippen molar-refractivity contribution in [3.8, 4) is 5.75 Å². The minimum atomic E-state index is -0.252. The van der Waals surface area contributed by atoms with Crippen molar-refractivity contribution >= 4 is 17.6 Å². The van der Waals surface area contributed by atoms with E-state index < -0.39 is 0 Å². The molecule has 0 N–H and O–H groups in total. The predicted octanol–water partition coefficient (Wildman–Crippen LogP) is 3.63. The van der Waals surface area contributed by atoms with E-state index in [-0.39, 0.29) is 12.4 Å². The number of hydrogen-bond acceptors (Lipinski definition) is 3. The van der Waals surface area contributed by atoms with Crippen LogP contribution in [0.3, 0.4) is 0 Å². The second-order valence-electron chi connectivity index (χ2n) is 4.32. The van der Waals surface area contributed by atoms with Crippen LogP contribution in [0.15, 0.2) is 48.5 Å².